The number of nitrogens with zero attached hydrogens (tertiary/aromatic N) is 2. The van der Waals surface area contributed by atoms with Crippen LogP contribution in [0.3, 0.4) is 0 Å². The number of carbonyl (C=O) groups excluding carboxylic acids is 2. The molecule has 2 heterocycles. The van der Waals surface area contributed by atoms with Crippen LogP contribution in [0.2, 0.25) is 0 Å². The fourth-order valence-electron chi connectivity index (χ4n) is 2.91. The number of anilines is 2. The largest absolute Gasteiger partial charge is 0.307 e. The van der Waals surface area contributed by atoms with Crippen LogP contribution < -0.4 is 10.2 Å². The number of carbonyl (C=O) groups is 2. The highest BCUT2D eigenvalue weighted by atomic mass is 32.1. The monoisotopic (exact) mass is 343 g/mol. The lowest BCUT2D eigenvalue weighted by Crippen LogP contribution is -2.35. The second-order valence-electron chi connectivity index (χ2n) is 6.32. The van der Waals surface area contributed by atoms with Gasteiger partial charge in [0.05, 0.1) is 0 Å². The zero-order chi connectivity index (χ0) is 17.3. The smallest absolute Gasteiger partial charge is 0.277 e. The van der Waals surface area contributed by atoms with Gasteiger partial charge in [-0.25, -0.2) is 4.98 Å². The van der Waals surface area contributed by atoms with Crippen molar-refractivity contribution in [2.24, 2.45) is 0 Å². The van der Waals surface area contributed by atoms with Gasteiger partial charge in [-0.05, 0) is 36.0 Å². The summed E-state index contributed by atoms with van der Waals surface area (Å²) in [5, 5.41) is 4.78. The molecule has 3 rings (SSSR count). The second kappa shape index (κ2) is 6.73. The van der Waals surface area contributed by atoms with Crippen LogP contribution in [0.25, 0.3) is 0 Å². The van der Waals surface area contributed by atoms with E-state index in [0.29, 0.717) is 23.3 Å². The van der Waals surface area contributed by atoms with Gasteiger partial charge in [-0.3, -0.25) is 9.59 Å². The van der Waals surface area contributed by atoms with Crippen LogP contribution >= 0.6 is 11.3 Å². The van der Waals surface area contributed by atoms with E-state index < -0.39 is 0 Å². The Kier molecular flexibility index (Phi) is 4.66. The molecule has 24 heavy (non-hydrogen) atoms. The molecule has 126 valence electrons. The number of hydrogen-bond acceptors (Lipinski definition) is 4. The van der Waals surface area contributed by atoms with Crippen LogP contribution in [0.5, 0.6) is 0 Å². The molecule has 2 aromatic rings. The van der Waals surface area contributed by atoms with Crippen molar-refractivity contribution in [2.75, 3.05) is 16.8 Å². The van der Waals surface area contributed by atoms with Crippen LogP contribution in [0.15, 0.2) is 23.6 Å². The Bertz CT molecular complexity index is 782. The Morgan fingerprint density at radius 3 is 2.83 bits per heavy atom. The topological polar surface area (TPSA) is 62.3 Å². The van der Waals surface area contributed by atoms with Gasteiger partial charge < -0.3 is 10.2 Å². The van der Waals surface area contributed by atoms with E-state index in [-0.39, 0.29) is 11.8 Å². The minimum atomic E-state index is -0.187. The van der Waals surface area contributed by atoms with Crippen LogP contribution in [0.4, 0.5) is 10.8 Å². The Hall–Kier alpha value is -2.21. The number of nitrogens with one attached hydrogen (secondary N) is 1. The summed E-state index contributed by atoms with van der Waals surface area (Å²) in [6, 6.07) is 6.35. The molecule has 0 atom stereocenters. The maximum absolute atomic E-state index is 12.8. The minimum absolute atomic E-state index is 0.110. The molecule has 0 unspecified atom stereocenters. The first-order valence-corrected chi connectivity index (χ1v) is 9.01. The first-order chi connectivity index (χ1) is 11.5. The van der Waals surface area contributed by atoms with Crippen LogP contribution in [0.1, 0.15) is 54.7 Å². The molecule has 0 aliphatic carbocycles. The van der Waals surface area contributed by atoms with Crippen molar-refractivity contribution in [1.29, 1.82) is 0 Å². The summed E-state index contributed by atoms with van der Waals surface area (Å²) in [6.45, 7) is 6.47. The summed E-state index contributed by atoms with van der Waals surface area (Å²) < 4.78 is 0. The lowest BCUT2D eigenvalue weighted by Gasteiger charge is -2.29. The molecule has 6 heteroatoms. The van der Waals surface area contributed by atoms with Gasteiger partial charge in [-0.1, -0.05) is 26.0 Å². The van der Waals surface area contributed by atoms with Gasteiger partial charge in [0.2, 0.25) is 5.91 Å². The average Bonchev–Trinajstić information content (AvgIpc) is 3.00. The van der Waals surface area contributed by atoms with Crippen molar-refractivity contribution >= 4 is 34.0 Å². The second-order valence-corrected chi connectivity index (χ2v) is 7.18. The third-order valence-electron chi connectivity index (χ3n) is 4.14. The normalized spacial score (nSPS) is 13.8. The number of benzene rings is 1. The van der Waals surface area contributed by atoms with Crippen molar-refractivity contribution in [3.05, 3.63) is 40.4 Å². The Morgan fingerprint density at radius 2 is 2.12 bits per heavy atom. The molecule has 1 N–H and O–H groups in total. The average molecular weight is 343 g/mol. The minimum Gasteiger partial charge on any atom is -0.307 e. The number of hydrogen-bond donors (Lipinski definition) is 1. The number of amides is 2. The molecule has 0 saturated heterocycles. The Morgan fingerprint density at radius 1 is 1.33 bits per heavy atom. The van der Waals surface area contributed by atoms with Gasteiger partial charge in [0.1, 0.15) is 5.69 Å². The first kappa shape index (κ1) is 16.6. The van der Waals surface area contributed by atoms with Gasteiger partial charge in [0, 0.05) is 24.5 Å². The van der Waals surface area contributed by atoms with Gasteiger partial charge in [-0.2, -0.15) is 0 Å². The fourth-order valence-corrected chi connectivity index (χ4v) is 3.64. The van der Waals surface area contributed by atoms with E-state index in [1.165, 1.54) is 29.4 Å². The highest BCUT2D eigenvalue weighted by Gasteiger charge is 2.25. The SMILES string of the molecule is CC(=O)Nc1nc(C(=O)N2CCCc3cc(C(C)C)ccc32)cs1. The van der Waals surface area contributed by atoms with E-state index in [1.54, 1.807) is 10.3 Å². The van der Waals surface area contributed by atoms with E-state index in [1.807, 2.05) is 6.07 Å². The molecule has 0 radical (unpaired) electrons. The van der Waals surface area contributed by atoms with Crippen molar-refractivity contribution < 1.29 is 9.59 Å². The molecule has 0 saturated carbocycles. The summed E-state index contributed by atoms with van der Waals surface area (Å²) in [4.78, 5) is 30.0. The van der Waals surface area contributed by atoms with Gasteiger partial charge >= 0.3 is 0 Å². The first-order valence-electron chi connectivity index (χ1n) is 8.13. The van der Waals surface area contributed by atoms with Crippen LogP contribution in [-0.4, -0.2) is 23.3 Å². The van der Waals surface area contributed by atoms with Crippen molar-refractivity contribution in [1.82, 2.24) is 4.98 Å². The third-order valence-corrected chi connectivity index (χ3v) is 4.90. The number of fused-ring (bicyclic) bond motifs is 1. The lowest BCUT2D eigenvalue weighted by atomic mass is 9.94. The molecule has 2 amide bonds. The summed E-state index contributed by atoms with van der Waals surface area (Å²) >= 11 is 1.27. The van der Waals surface area contributed by atoms with E-state index in [2.05, 4.69) is 36.3 Å². The molecule has 5 nitrogen and oxygen atoms in total. The maximum atomic E-state index is 12.8. The summed E-state index contributed by atoms with van der Waals surface area (Å²) in [5.74, 6) is 0.175. The Labute approximate surface area is 145 Å². The predicted octanol–water partition coefficient (Wildman–Crippen LogP) is 3.82. The van der Waals surface area contributed by atoms with Crippen LogP contribution in [0, 0.1) is 0 Å². The standard InChI is InChI=1S/C18H21N3O2S/c1-11(2)13-6-7-16-14(9-13)5-4-8-21(16)17(23)15-10-24-18(20-15)19-12(3)22/h6-7,9-11H,4-5,8H2,1-3H3,(H,19,20,22). The van der Waals surface area contributed by atoms with Crippen molar-refractivity contribution in [3.8, 4) is 0 Å². The molecule has 1 aliphatic heterocycles. The van der Waals surface area contributed by atoms with Crippen LogP contribution in [-0.2, 0) is 11.2 Å². The van der Waals surface area contributed by atoms with Gasteiger partial charge in [-0.15, -0.1) is 11.3 Å². The number of rotatable bonds is 3. The molecule has 1 aromatic carbocycles. The lowest BCUT2D eigenvalue weighted by molar-refractivity contribution is -0.114. The van der Waals surface area contributed by atoms with Crippen molar-refractivity contribution in [3.63, 3.8) is 0 Å². The number of aryl methyl sites for hydroxylation is 1. The molecule has 1 aromatic heterocycles. The highest BCUT2D eigenvalue weighted by Crippen LogP contribution is 2.31. The van der Waals surface area contributed by atoms with E-state index in [0.717, 1.165) is 18.5 Å². The fraction of sp³-hybridized carbons (Fsp3) is 0.389. The molecule has 0 bridgehead atoms. The van der Waals surface area contributed by atoms with E-state index in [4.69, 9.17) is 0 Å². The third kappa shape index (κ3) is 3.33. The molecule has 0 fully saturated rings. The molecular formula is C18H21N3O2S. The zero-order valence-corrected chi connectivity index (χ0v) is 14.9. The van der Waals surface area contributed by atoms with Gasteiger partial charge in [0.25, 0.3) is 5.91 Å². The van der Waals surface area contributed by atoms with E-state index in [9.17, 15) is 9.59 Å². The van der Waals surface area contributed by atoms with Crippen molar-refractivity contribution in [2.45, 2.75) is 39.5 Å². The summed E-state index contributed by atoms with van der Waals surface area (Å²) in [5.41, 5.74) is 3.87. The maximum Gasteiger partial charge on any atom is 0.277 e. The molecule has 0 spiro atoms. The zero-order valence-electron chi connectivity index (χ0n) is 14.1. The highest BCUT2D eigenvalue weighted by molar-refractivity contribution is 7.14. The molecular weight excluding hydrogens is 322 g/mol. The summed E-state index contributed by atoms with van der Waals surface area (Å²) in [7, 11) is 0. The van der Waals surface area contributed by atoms with E-state index >= 15 is 0 Å². The number of thiazole rings is 1. The number of aromatic nitrogens is 1. The predicted molar refractivity (Wildman–Crippen MR) is 96.9 cm³/mol. The summed E-state index contributed by atoms with van der Waals surface area (Å²) in [6.07, 6.45) is 1.94. The Balaban J connectivity index is 1.87. The van der Waals surface area contributed by atoms with Gasteiger partial charge in [0.15, 0.2) is 5.13 Å². The molecule has 1 aliphatic rings. The quantitative estimate of drug-likeness (QED) is 0.921.